The Morgan fingerprint density at radius 3 is 2.66 bits per heavy atom. The number of amides is 2. The van der Waals surface area contributed by atoms with Crippen molar-refractivity contribution >= 4 is 61.6 Å². The van der Waals surface area contributed by atoms with Crippen LogP contribution in [0.4, 0.5) is 5.69 Å². The molecule has 2 amide bonds. The molecule has 2 fully saturated rings. The third-order valence-electron chi connectivity index (χ3n) is 6.47. The van der Waals surface area contributed by atoms with Gasteiger partial charge in [-0.2, -0.15) is 0 Å². The Hall–Kier alpha value is -2.44. The summed E-state index contributed by atoms with van der Waals surface area (Å²) < 4.78 is 13.0. The number of methoxy groups -OCH3 is 1. The second-order valence-corrected chi connectivity index (χ2v) is 11.0. The predicted molar refractivity (Wildman–Crippen MR) is 145 cm³/mol. The monoisotopic (exact) mass is 606 g/mol. The number of carbonyl (C=O) groups is 2. The van der Waals surface area contributed by atoms with Gasteiger partial charge in [0.2, 0.25) is 11.8 Å². The molecule has 3 aromatic rings. The zero-order valence-electron chi connectivity index (χ0n) is 19.7. The quantitative estimate of drug-likeness (QED) is 0.411. The fourth-order valence-electron chi connectivity index (χ4n) is 4.43. The fourth-order valence-corrected chi connectivity index (χ4v) is 6.69. The van der Waals surface area contributed by atoms with Gasteiger partial charge in [-0.15, -0.1) is 11.3 Å². The molecule has 1 aliphatic heterocycles. The van der Waals surface area contributed by atoms with Crippen molar-refractivity contribution in [2.45, 2.75) is 19.4 Å². The number of hydrogen-bond acceptors (Lipinski definition) is 7. The number of morpholine rings is 1. The maximum Gasteiger partial charge on any atom is 0.249 e. The van der Waals surface area contributed by atoms with Crippen molar-refractivity contribution in [2.75, 3.05) is 45.4 Å². The number of anilines is 1. The minimum absolute atomic E-state index is 0.150. The predicted octanol–water partition coefficient (Wildman–Crippen LogP) is 3.88. The van der Waals surface area contributed by atoms with Crippen LogP contribution in [0.1, 0.15) is 28.8 Å². The van der Waals surface area contributed by atoms with Crippen molar-refractivity contribution in [3.05, 3.63) is 39.0 Å². The third-order valence-corrected chi connectivity index (χ3v) is 8.80. The SMILES string of the molecule is COc1ccc(N2CCOCC2)c2sc(-c3c(C(N)=O)ccc(CN(C)C(=O)C4CC4)c3I)nc12. The average molecular weight is 606 g/mol. The van der Waals surface area contributed by atoms with Gasteiger partial charge < -0.3 is 25.0 Å². The minimum atomic E-state index is -0.508. The number of rotatable bonds is 7. The number of benzene rings is 2. The Bertz CT molecular complexity index is 1300. The first-order valence-corrected chi connectivity index (χ1v) is 13.4. The Balaban J connectivity index is 1.62. The van der Waals surface area contributed by atoms with Crippen LogP contribution >= 0.6 is 33.9 Å². The molecule has 1 saturated heterocycles. The summed E-state index contributed by atoms with van der Waals surface area (Å²) in [7, 11) is 3.46. The highest BCUT2D eigenvalue weighted by molar-refractivity contribution is 14.1. The third kappa shape index (κ3) is 4.70. The standard InChI is InChI=1S/C25H27IN4O4S/c1-29(25(32)14-3-4-14)13-15-5-6-16(23(27)31)19(20(15)26)24-28-21-18(33-2)8-7-17(22(21)35-24)30-9-11-34-12-10-30/h5-8,14H,3-4,9-13H2,1-2H3,(H2,27,31). The molecule has 1 aliphatic carbocycles. The van der Waals surface area contributed by atoms with E-state index in [1.54, 1.807) is 18.1 Å². The molecule has 0 radical (unpaired) electrons. The second kappa shape index (κ2) is 9.90. The summed E-state index contributed by atoms with van der Waals surface area (Å²) in [6.45, 7) is 3.42. The molecule has 0 spiro atoms. The van der Waals surface area contributed by atoms with Crippen LogP contribution in [0.2, 0.25) is 0 Å². The summed E-state index contributed by atoms with van der Waals surface area (Å²) in [6.07, 6.45) is 1.93. The normalized spacial score (nSPS) is 15.9. The lowest BCUT2D eigenvalue weighted by atomic mass is 10.0. The number of nitrogens with two attached hydrogens (primary N) is 1. The van der Waals surface area contributed by atoms with Gasteiger partial charge in [0.25, 0.3) is 0 Å². The number of aromatic nitrogens is 1. The van der Waals surface area contributed by atoms with E-state index in [2.05, 4.69) is 33.6 Å². The van der Waals surface area contributed by atoms with E-state index in [9.17, 15) is 9.59 Å². The first kappa shape index (κ1) is 24.3. The van der Waals surface area contributed by atoms with Gasteiger partial charge in [-0.1, -0.05) is 6.07 Å². The molecule has 2 aliphatic rings. The van der Waals surface area contributed by atoms with Crippen LogP contribution in [0.15, 0.2) is 24.3 Å². The van der Waals surface area contributed by atoms with Crippen molar-refractivity contribution in [3.63, 3.8) is 0 Å². The molecule has 2 heterocycles. The van der Waals surface area contributed by atoms with E-state index in [0.717, 1.165) is 51.0 Å². The lowest BCUT2D eigenvalue weighted by Crippen LogP contribution is -2.36. The number of thiazole rings is 1. The van der Waals surface area contributed by atoms with Crippen molar-refractivity contribution in [1.82, 2.24) is 9.88 Å². The van der Waals surface area contributed by atoms with E-state index in [4.69, 9.17) is 20.2 Å². The molecule has 1 aromatic heterocycles. The molecule has 0 atom stereocenters. The summed E-state index contributed by atoms with van der Waals surface area (Å²) in [5, 5.41) is 0.704. The first-order chi connectivity index (χ1) is 16.9. The van der Waals surface area contributed by atoms with E-state index in [-0.39, 0.29) is 11.8 Å². The van der Waals surface area contributed by atoms with Gasteiger partial charge in [0.05, 0.1) is 36.3 Å². The molecule has 2 N–H and O–H groups in total. The van der Waals surface area contributed by atoms with Crippen LogP contribution in [0.3, 0.4) is 0 Å². The summed E-state index contributed by atoms with van der Waals surface area (Å²) in [5.74, 6) is 0.492. The van der Waals surface area contributed by atoms with E-state index in [1.165, 1.54) is 11.3 Å². The van der Waals surface area contributed by atoms with Crippen molar-refractivity contribution < 1.29 is 19.1 Å². The zero-order valence-corrected chi connectivity index (χ0v) is 22.6. The molecule has 5 rings (SSSR count). The molecule has 1 saturated carbocycles. The number of carbonyl (C=O) groups excluding carboxylic acids is 2. The van der Waals surface area contributed by atoms with Crippen LogP contribution < -0.4 is 15.4 Å². The summed E-state index contributed by atoms with van der Waals surface area (Å²) in [4.78, 5) is 34.0. The largest absolute Gasteiger partial charge is 0.494 e. The molecule has 2 aromatic carbocycles. The van der Waals surface area contributed by atoms with E-state index < -0.39 is 5.91 Å². The second-order valence-electron chi connectivity index (χ2n) is 8.88. The maximum absolute atomic E-state index is 12.5. The molecular formula is C25H27IN4O4S. The molecule has 35 heavy (non-hydrogen) atoms. The summed E-state index contributed by atoms with van der Waals surface area (Å²) in [6, 6.07) is 7.63. The number of nitrogens with zero attached hydrogens (tertiary/aromatic N) is 3. The molecule has 8 nitrogen and oxygen atoms in total. The Morgan fingerprint density at radius 1 is 1.26 bits per heavy atom. The van der Waals surface area contributed by atoms with Gasteiger partial charge in [-0.05, 0) is 59.2 Å². The highest BCUT2D eigenvalue weighted by atomic mass is 127. The van der Waals surface area contributed by atoms with Crippen LogP contribution in [-0.4, -0.2) is 62.2 Å². The van der Waals surface area contributed by atoms with Gasteiger partial charge in [0.1, 0.15) is 16.3 Å². The number of hydrogen-bond donors (Lipinski definition) is 1. The molecule has 10 heteroatoms. The number of ether oxygens (including phenoxy) is 2. The van der Waals surface area contributed by atoms with Gasteiger partial charge in [0.15, 0.2) is 0 Å². The van der Waals surface area contributed by atoms with Crippen molar-refractivity contribution in [1.29, 1.82) is 0 Å². The van der Waals surface area contributed by atoms with Crippen LogP contribution in [0, 0.1) is 9.49 Å². The van der Waals surface area contributed by atoms with Gasteiger partial charge in [0, 0.05) is 41.7 Å². The maximum atomic E-state index is 12.5. The summed E-state index contributed by atoms with van der Waals surface area (Å²) >= 11 is 3.78. The van der Waals surface area contributed by atoms with Gasteiger partial charge in [-0.25, -0.2) is 4.98 Å². The molecule has 184 valence electrons. The molecular weight excluding hydrogens is 579 g/mol. The zero-order chi connectivity index (χ0) is 24.7. The molecule has 0 unspecified atom stereocenters. The first-order valence-electron chi connectivity index (χ1n) is 11.6. The van der Waals surface area contributed by atoms with Gasteiger partial charge >= 0.3 is 0 Å². The Morgan fingerprint density at radius 2 is 2.00 bits per heavy atom. The highest BCUT2D eigenvalue weighted by Crippen LogP contribution is 2.43. The van der Waals surface area contributed by atoms with E-state index >= 15 is 0 Å². The topological polar surface area (TPSA) is 98.0 Å². The average Bonchev–Trinajstić information content (AvgIpc) is 3.62. The Kier molecular flexibility index (Phi) is 6.86. The van der Waals surface area contributed by atoms with Crippen LogP contribution in [-0.2, 0) is 16.1 Å². The number of fused-ring (bicyclic) bond motifs is 1. The lowest BCUT2D eigenvalue weighted by Gasteiger charge is -2.29. The number of halogens is 1. The van der Waals surface area contributed by atoms with Crippen LogP contribution in [0.5, 0.6) is 5.75 Å². The van der Waals surface area contributed by atoms with Crippen molar-refractivity contribution in [2.24, 2.45) is 11.7 Å². The van der Waals surface area contributed by atoms with E-state index in [1.807, 2.05) is 19.2 Å². The van der Waals surface area contributed by atoms with Crippen molar-refractivity contribution in [3.8, 4) is 16.3 Å². The smallest absolute Gasteiger partial charge is 0.249 e. The lowest BCUT2D eigenvalue weighted by molar-refractivity contribution is -0.131. The van der Waals surface area contributed by atoms with E-state index in [0.29, 0.717) is 41.6 Å². The van der Waals surface area contributed by atoms with Gasteiger partial charge in [-0.3, -0.25) is 9.59 Å². The fraction of sp³-hybridized carbons (Fsp3) is 0.400. The highest BCUT2D eigenvalue weighted by Gasteiger charge is 2.32. The minimum Gasteiger partial charge on any atom is -0.494 e. The van der Waals surface area contributed by atoms with Crippen LogP contribution in [0.25, 0.3) is 20.8 Å². The Labute approximate surface area is 221 Å². The number of primary amides is 1. The summed E-state index contributed by atoms with van der Waals surface area (Å²) in [5.41, 5.74) is 9.71. The molecule has 0 bridgehead atoms.